The molecular formula is C13H23N3O2. The van der Waals surface area contributed by atoms with E-state index in [1.165, 1.54) is 0 Å². The van der Waals surface area contributed by atoms with E-state index in [0.717, 1.165) is 45.3 Å². The third kappa shape index (κ3) is 3.45. The molecule has 0 aliphatic carbocycles. The first-order valence-corrected chi connectivity index (χ1v) is 6.94. The molecule has 5 nitrogen and oxygen atoms in total. The van der Waals surface area contributed by atoms with Crippen molar-refractivity contribution in [3.63, 3.8) is 0 Å². The first-order chi connectivity index (χ1) is 8.66. The van der Waals surface area contributed by atoms with Crippen LogP contribution in [0.25, 0.3) is 0 Å². The number of primary amides is 1. The van der Waals surface area contributed by atoms with E-state index in [2.05, 4.69) is 5.32 Å². The van der Waals surface area contributed by atoms with Crippen LogP contribution in [0.1, 0.15) is 32.1 Å². The number of piperidine rings is 2. The van der Waals surface area contributed by atoms with Crippen molar-refractivity contribution < 1.29 is 9.59 Å². The predicted molar refractivity (Wildman–Crippen MR) is 68.7 cm³/mol. The molecule has 0 aromatic heterocycles. The van der Waals surface area contributed by atoms with Gasteiger partial charge in [-0.2, -0.15) is 0 Å². The number of nitrogens with zero attached hydrogens (tertiary/aromatic N) is 1. The van der Waals surface area contributed by atoms with Crippen molar-refractivity contribution >= 4 is 11.8 Å². The van der Waals surface area contributed by atoms with E-state index in [-0.39, 0.29) is 17.7 Å². The fourth-order valence-corrected chi connectivity index (χ4v) is 2.90. The summed E-state index contributed by atoms with van der Waals surface area (Å²) in [7, 11) is 0. The SMILES string of the molecule is NC(=O)C1CCCN(C(=O)CC2CCNCC2)C1. The van der Waals surface area contributed by atoms with E-state index in [9.17, 15) is 9.59 Å². The summed E-state index contributed by atoms with van der Waals surface area (Å²) in [6.45, 7) is 3.34. The van der Waals surface area contributed by atoms with Gasteiger partial charge in [-0.25, -0.2) is 0 Å². The molecule has 2 saturated heterocycles. The number of hydrogen-bond acceptors (Lipinski definition) is 3. The van der Waals surface area contributed by atoms with Crippen LogP contribution >= 0.6 is 0 Å². The molecule has 2 rings (SSSR count). The molecular weight excluding hydrogens is 230 g/mol. The van der Waals surface area contributed by atoms with Gasteiger partial charge in [0.1, 0.15) is 0 Å². The summed E-state index contributed by atoms with van der Waals surface area (Å²) in [5.74, 6) is 0.297. The number of nitrogens with one attached hydrogen (secondary N) is 1. The van der Waals surface area contributed by atoms with Gasteiger partial charge in [-0.05, 0) is 44.7 Å². The van der Waals surface area contributed by atoms with Crippen LogP contribution in [-0.2, 0) is 9.59 Å². The second-order valence-electron chi connectivity index (χ2n) is 5.48. The lowest BCUT2D eigenvalue weighted by Gasteiger charge is -2.33. The third-order valence-electron chi connectivity index (χ3n) is 4.10. The van der Waals surface area contributed by atoms with E-state index >= 15 is 0 Å². The van der Waals surface area contributed by atoms with Gasteiger partial charge in [0.25, 0.3) is 0 Å². The number of rotatable bonds is 3. The summed E-state index contributed by atoms with van der Waals surface area (Å²) in [5.41, 5.74) is 5.33. The molecule has 2 amide bonds. The molecule has 0 saturated carbocycles. The van der Waals surface area contributed by atoms with Crippen LogP contribution in [0.15, 0.2) is 0 Å². The van der Waals surface area contributed by atoms with E-state index in [1.807, 2.05) is 4.90 Å². The lowest BCUT2D eigenvalue weighted by Crippen LogP contribution is -2.45. The molecule has 2 aliphatic heterocycles. The minimum atomic E-state index is -0.269. The van der Waals surface area contributed by atoms with Crippen molar-refractivity contribution in [1.29, 1.82) is 0 Å². The van der Waals surface area contributed by atoms with Crippen LogP contribution in [0.3, 0.4) is 0 Å². The summed E-state index contributed by atoms with van der Waals surface area (Å²) >= 11 is 0. The van der Waals surface area contributed by atoms with E-state index in [1.54, 1.807) is 0 Å². The molecule has 2 fully saturated rings. The van der Waals surface area contributed by atoms with Gasteiger partial charge in [0.15, 0.2) is 0 Å². The number of nitrogens with two attached hydrogens (primary N) is 1. The maximum absolute atomic E-state index is 12.2. The van der Waals surface area contributed by atoms with Crippen LogP contribution in [0.4, 0.5) is 0 Å². The molecule has 2 heterocycles. The maximum atomic E-state index is 12.2. The summed E-state index contributed by atoms with van der Waals surface area (Å²) < 4.78 is 0. The zero-order valence-corrected chi connectivity index (χ0v) is 10.9. The Labute approximate surface area is 108 Å². The predicted octanol–water partition coefficient (Wildman–Crippen LogP) is 0.1000. The summed E-state index contributed by atoms with van der Waals surface area (Å²) in [6, 6.07) is 0. The van der Waals surface area contributed by atoms with Gasteiger partial charge in [-0.15, -0.1) is 0 Å². The highest BCUT2D eigenvalue weighted by molar-refractivity contribution is 5.80. The molecule has 0 bridgehead atoms. The highest BCUT2D eigenvalue weighted by Gasteiger charge is 2.28. The number of likely N-dealkylation sites (tertiary alicyclic amines) is 1. The van der Waals surface area contributed by atoms with E-state index in [0.29, 0.717) is 18.9 Å². The standard InChI is InChI=1S/C13H23N3O2/c14-13(18)11-2-1-7-16(9-11)12(17)8-10-3-5-15-6-4-10/h10-11,15H,1-9H2,(H2,14,18). The number of amides is 2. The van der Waals surface area contributed by atoms with Gasteiger partial charge in [0, 0.05) is 19.5 Å². The van der Waals surface area contributed by atoms with Crippen molar-refractivity contribution in [3.8, 4) is 0 Å². The van der Waals surface area contributed by atoms with Crippen molar-refractivity contribution in [2.75, 3.05) is 26.2 Å². The molecule has 18 heavy (non-hydrogen) atoms. The smallest absolute Gasteiger partial charge is 0.222 e. The molecule has 0 aromatic rings. The monoisotopic (exact) mass is 253 g/mol. The first kappa shape index (κ1) is 13.3. The van der Waals surface area contributed by atoms with Gasteiger partial charge in [-0.1, -0.05) is 0 Å². The third-order valence-corrected chi connectivity index (χ3v) is 4.10. The Morgan fingerprint density at radius 1 is 1.22 bits per heavy atom. The second kappa shape index (κ2) is 6.18. The number of carbonyl (C=O) groups is 2. The molecule has 2 aliphatic rings. The van der Waals surface area contributed by atoms with Crippen LogP contribution < -0.4 is 11.1 Å². The Morgan fingerprint density at radius 3 is 2.61 bits per heavy atom. The molecule has 0 radical (unpaired) electrons. The average molecular weight is 253 g/mol. The zero-order valence-electron chi connectivity index (χ0n) is 10.9. The van der Waals surface area contributed by atoms with Crippen molar-refractivity contribution in [3.05, 3.63) is 0 Å². The highest BCUT2D eigenvalue weighted by Crippen LogP contribution is 2.21. The number of carbonyl (C=O) groups excluding carboxylic acids is 2. The van der Waals surface area contributed by atoms with Crippen molar-refractivity contribution in [1.82, 2.24) is 10.2 Å². The van der Waals surface area contributed by atoms with Crippen molar-refractivity contribution in [2.45, 2.75) is 32.1 Å². The Kier molecular flexibility index (Phi) is 4.58. The van der Waals surface area contributed by atoms with Gasteiger partial charge in [0.2, 0.25) is 11.8 Å². The Balaban J connectivity index is 1.82. The van der Waals surface area contributed by atoms with E-state index < -0.39 is 0 Å². The molecule has 1 atom stereocenters. The summed E-state index contributed by atoms with van der Waals surface area (Å²) in [4.78, 5) is 25.2. The molecule has 1 unspecified atom stereocenters. The van der Waals surface area contributed by atoms with Gasteiger partial charge < -0.3 is 16.0 Å². The first-order valence-electron chi connectivity index (χ1n) is 6.94. The topological polar surface area (TPSA) is 75.4 Å². The molecule has 0 spiro atoms. The summed E-state index contributed by atoms with van der Waals surface area (Å²) in [5, 5.41) is 3.30. The largest absolute Gasteiger partial charge is 0.369 e. The Bertz CT molecular complexity index is 313. The lowest BCUT2D eigenvalue weighted by molar-refractivity contribution is -0.136. The fourth-order valence-electron chi connectivity index (χ4n) is 2.90. The molecule has 5 heteroatoms. The number of hydrogen-bond donors (Lipinski definition) is 2. The minimum absolute atomic E-state index is 0.143. The normalized spacial score (nSPS) is 26.0. The van der Waals surface area contributed by atoms with E-state index in [4.69, 9.17) is 5.73 Å². The lowest BCUT2D eigenvalue weighted by atomic mass is 9.92. The quantitative estimate of drug-likeness (QED) is 0.749. The molecule has 3 N–H and O–H groups in total. The fraction of sp³-hybridized carbons (Fsp3) is 0.846. The maximum Gasteiger partial charge on any atom is 0.222 e. The van der Waals surface area contributed by atoms with Crippen LogP contribution in [0.2, 0.25) is 0 Å². The zero-order chi connectivity index (χ0) is 13.0. The Morgan fingerprint density at radius 2 is 1.94 bits per heavy atom. The minimum Gasteiger partial charge on any atom is -0.369 e. The summed E-state index contributed by atoms with van der Waals surface area (Å²) in [6.07, 6.45) is 4.52. The highest BCUT2D eigenvalue weighted by atomic mass is 16.2. The molecule has 0 aromatic carbocycles. The molecule has 102 valence electrons. The van der Waals surface area contributed by atoms with Crippen molar-refractivity contribution in [2.24, 2.45) is 17.6 Å². The van der Waals surface area contributed by atoms with Crippen LogP contribution in [0, 0.1) is 11.8 Å². The van der Waals surface area contributed by atoms with Crippen LogP contribution in [-0.4, -0.2) is 42.9 Å². The average Bonchev–Trinajstić information content (AvgIpc) is 2.40. The van der Waals surface area contributed by atoms with Crippen LogP contribution in [0.5, 0.6) is 0 Å². The Hall–Kier alpha value is -1.10. The second-order valence-corrected chi connectivity index (χ2v) is 5.48. The van der Waals surface area contributed by atoms with Gasteiger partial charge in [0.05, 0.1) is 5.92 Å². The van der Waals surface area contributed by atoms with Gasteiger partial charge in [-0.3, -0.25) is 9.59 Å². The van der Waals surface area contributed by atoms with Gasteiger partial charge >= 0.3 is 0 Å².